The maximum absolute atomic E-state index is 13.3. The second-order valence-corrected chi connectivity index (χ2v) is 8.52. The summed E-state index contributed by atoms with van der Waals surface area (Å²) in [5.41, 5.74) is 0.190. The number of pyridine rings is 1. The molecule has 2 bridgehead atoms. The highest BCUT2D eigenvalue weighted by Crippen LogP contribution is 2.37. The number of nitrogens with one attached hydrogen (secondary N) is 1. The number of carbonyl (C=O) groups excluding carboxylic acids is 1. The van der Waals surface area contributed by atoms with E-state index in [9.17, 15) is 27.5 Å². The summed E-state index contributed by atoms with van der Waals surface area (Å²) >= 11 is 0. The molecule has 4 rings (SSSR count). The van der Waals surface area contributed by atoms with Crippen molar-refractivity contribution in [2.75, 3.05) is 13.1 Å². The molecule has 1 saturated carbocycles. The summed E-state index contributed by atoms with van der Waals surface area (Å²) in [6.45, 7) is 2.84. The minimum absolute atomic E-state index is 0.0118. The molecule has 2 fully saturated rings. The van der Waals surface area contributed by atoms with E-state index in [1.807, 2.05) is 0 Å². The van der Waals surface area contributed by atoms with Gasteiger partial charge >= 0.3 is 6.18 Å². The van der Waals surface area contributed by atoms with Gasteiger partial charge in [-0.2, -0.15) is 18.3 Å². The van der Waals surface area contributed by atoms with Crippen LogP contribution in [0.2, 0.25) is 0 Å². The molecular weight excluding hydrogens is 468 g/mol. The molecule has 2 unspecified atom stereocenters. The van der Waals surface area contributed by atoms with Gasteiger partial charge in [0.05, 0.1) is 23.5 Å². The number of likely N-dealkylation sites (tertiary alicyclic amines) is 1. The Bertz CT molecular complexity index is 1190. The molecule has 1 aliphatic carbocycles. The lowest BCUT2D eigenvalue weighted by atomic mass is 9.95. The van der Waals surface area contributed by atoms with Crippen molar-refractivity contribution in [1.82, 2.24) is 25.0 Å². The number of nitrogens with zero attached hydrogens (tertiary/aromatic N) is 5. The quantitative estimate of drug-likeness (QED) is 0.456. The van der Waals surface area contributed by atoms with Crippen LogP contribution in [0.4, 0.5) is 17.6 Å². The molecule has 2 aliphatic rings. The van der Waals surface area contributed by atoms with Crippen LogP contribution in [0.15, 0.2) is 48.6 Å². The number of fused-ring (bicyclic) bond motifs is 3. The summed E-state index contributed by atoms with van der Waals surface area (Å²) < 4.78 is 53.3. The third kappa shape index (κ3) is 5.26. The Morgan fingerprint density at radius 1 is 1.31 bits per heavy atom. The molecule has 8 nitrogen and oxygen atoms in total. The highest BCUT2D eigenvalue weighted by atomic mass is 19.4. The summed E-state index contributed by atoms with van der Waals surface area (Å²) in [5, 5.41) is 17.1. The zero-order valence-corrected chi connectivity index (χ0v) is 18.6. The lowest BCUT2D eigenvalue weighted by molar-refractivity contribution is -0.141. The largest absolute Gasteiger partial charge is 0.408 e. The Kier molecular flexibility index (Phi) is 7.01. The van der Waals surface area contributed by atoms with Crippen molar-refractivity contribution < 1.29 is 27.5 Å². The number of hydrogen-bond donors (Lipinski definition) is 2. The monoisotopic (exact) mass is 492 g/mol. The molecule has 2 aromatic heterocycles. The second-order valence-electron chi connectivity index (χ2n) is 8.52. The Hall–Kier alpha value is -3.54. The van der Waals surface area contributed by atoms with Crippen LogP contribution in [-0.4, -0.2) is 62.3 Å². The number of aliphatic hydroxyl groups is 1. The van der Waals surface area contributed by atoms with E-state index >= 15 is 0 Å². The maximum atomic E-state index is 13.3. The normalized spacial score (nSPS) is 23.1. The fraction of sp³-hybridized carbons (Fsp3) is 0.391. The van der Waals surface area contributed by atoms with E-state index < -0.39 is 24.7 Å². The van der Waals surface area contributed by atoms with Gasteiger partial charge in [-0.1, -0.05) is 12.7 Å². The van der Waals surface area contributed by atoms with Gasteiger partial charge in [0.25, 0.3) is 5.91 Å². The van der Waals surface area contributed by atoms with Crippen molar-refractivity contribution in [1.29, 1.82) is 0 Å². The summed E-state index contributed by atoms with van der Waals surface area (Å²) in [6.07, 6.45) is 3.06. The van der Waals surface area contributed by atoms with E-state index in [2.05, 4.69) is 27.0 Å². The van der Waals surface area contributed by atoms with Crippen LogP contribution in [0.25, 0.3) is 16.6 Å². The molecule has 35 heavy (non-hydrogen) atoms. The van der Waals surface area contributed by atoms with Crippen molar-refractivity contribution in [2.24, 2.45) is 16.8 Å². The molecule has 186 valence electrons. The molecule has 3 heterocycles. The number of carbonyl (C=O) groups is 1. The molecule has 0 spiro atoms. The molecular formula is C23H24F4N6O2. The van der Waals surface area contributed by atoms with Crippen LogP contribution in [0.5, 0.6) is 0 Å². The minimum Gasteiger partial charge on any atom is -0.392 e. The van der Waals surface area contributed by atoms with Crippen LogP contribution < -0.4 is 5.32 Å². The number of hydrogen-bond acceptors (Lipinski definition) is 6. The van der Waals surface area contributed by atoms with Gasteiger partial charge < -0.3 is 15.3 Å². The standard InChI is InChI=1S/C23H24F4N6O2/c1-2-6-28-10-18(29-7-5-24)20-16-9-30-17(8-19(16)33(31-20)13-23(25,26)27)22(35)32-11-14-3-4-15(12-32)21(14)34/h2,5-10,14-15,21,29,34H,1,3-4,11-13H2/b7-5+,18-10-,28-6?. The van der Waals surface area contributed by atoms with Crippen LogP contribution in [0.1, 0.15) is 29.0 Å². The molecule has 2 atom stereocenters. The number of allylic oxidation sites excluding steroid dienone is 1. The first-order valence-corrected chi connectivity index (χ1v) is 11.0. The van der Waals surface area contributed by atoms with Crippen molar-refractivity contribution in [3.63, 3.8) is 0 Å². The van der Waals surface area contributed by atoms with Crippen molar-refractivity contribution in [3.05, 3.63) is 55.0 Å². The van der Waals surface area contributed by atoms with E-state index in [1.54, 1.807) is 4.90 Å². The molecule has 1 amide bonds. The Morgan fingerprint density at radius 2 is 2.03 bits per heavy atom. The van der Waals surface area contributed by atoms with Crippen molar-refractivity contribution >= 4 is 28.7 Å². The van der Waals surface area contributed by atoms with Crippen LogP contribution >= 0.6 is 0 Å². The van der Waals surface area contributed by atoms with E-state index in [4.69, 9.17) is 0 Å². The first kappa shape index (κ1) is 24.6. The molecule has 0 aromatic carbocycles. The third-order valence-electron chi connectivity index (χ3n) is 6.21. The fourth-order valence-corrected chi connectivity index (χ4v) is 4.66. The smallest absolute Gasteiger partial charge is 0.392 e. The Labute approximate surface area is 198 Å². The first-order valence-electron chi connectivity index (χ1n) is 11.0. The highest BCUT2D eigenvalue weighted by molar-refractivity contribution is 5.98. The summed E-state index contributed by atoms with van der Waals surface area (Å²) in [4.78, 5) is 22.9. The van der Waals surface area contributed by atoms with Gasteiger partial charge in [0.1, 0.15) is 24.3 Å². The molecule has 0 radical (unpaired) electrons. The van der Waals surface area contributed by atoms with Gasteiger partial charge in [0.2, 0.25) is 0 Å². The van der Waals surface area contributed by atoms with Gasteiger partial charge in [0.15, 0.2) is 0 Å². The van der Waals surface area contributed by atoms with E-state index in [0.717, 1.165) is 23.7 Å². The van der Waals surface area contributed by atoms with Gasteiger partial charge in [0, 0.05) is 48.9 Å². The Balaban J connectivity index is 1.75. The minimum atomic E-state index is -4.58. The number of rotatable bonds is 7. The van der Waals surface area contributed by atoms with Crippen LogP contribution in [-0.2, 0) is 6.54 Å². The number of piperidine rings is 1. The number of alkyl halides is 3. The number of aliphatic imine (C=N–C) groups is 1. The van der Waals surface area contributed by atoms with Crippen molar-refractivity contribution in [2.45, 2.75) is 31.7 Å². The summed E-state index contributed by atoms with van der Waals surface area (Å²) in [6, 6.07) is 1.28. The van der Waals surface area contributed by atoms with Gasteiger partial charge in [-0.05, 0) is 18.9 Å². The molecule has 2 aromatic rings. The van der Waals surface area contributed by atoms with E-state index in [1.165, 1.54) is 30.8 Å². The van der Waals surface area contributed by atoms with Gasteiger partial charge in [-0.25, -0.2) is 4.39 Å². The SMILES string of the molecule is C=CC=N/C=C(\N/C=C/F)c1nn(CC(F)(F)F)c2cc(C(=O)N3CC4CCC(C3)C4O)ncc12. The average Bonchev–Trinajstić information content (AvgIpc) is 3.23. The second kappa shape index (κ2) is 9.98. The number of halogens is 4. The lowest BCUT2D eigenvalue weighted by Crippen LogP contribution is -2.47. The number of amides is 1. The molecule has 1 saturated heterocycles. The van der Waals surface area contributed by atoms with Crippen LogP contribution in [0.3, 0.4) is 0 Å². The highest BCUT2D eigenvalue weighted by Gasteiger charge is 2.42. The molecule has 1 aliphatic heterocycles. The summed E-state index contributed by atoms with van der Waals surface area (Å²) in [7, 11) is 0. The predicted octanol–water partition coefficient (Wildman–Crippen LogP) is 3.42. The number of aromatic nitrogens is 3. The van der Waals surface area contributed by atoms with Gasteiger partial charge in [-0.15, -0.1) is 0 Å². The van der Waals surface area contributed by atoms with Crippen LogP contribution in [0, 0.1) is 11.8 Å². The fourth-order valence-electron chi connectivity index (χ4n) is 4.66. The van der Waals surface area contributed by atoms with E-state index in [-0.39, 0.29) is 46.2 Å². The predicted molar refractivity (Wildman–Crippen MR) is 122 cm³/mol. The lowest BCUT2D eigenvalue weighted by Gasteiger charge is -2.35. The van der Waals surface area contributed by atoms with Crippen molar-refractivity contribution in [3.8, 4) is 0 Å². The molecule has 2 N–H and O–H groups in total. The number of aliphatic hydroxyl groups excluding tert-OH is 1. The van der Waals surface area contributed by atoms with Gasteiger partial charge in [-0.3, -0.25) is 19.5 Å². The first-order chi connectivity index (χ1) is 16.7. The third-order valence-corrected chi connectivity index (χ3v) is 6.21. The zero-order valence-electron chi connectivity index (χ0n) is 18.6. The average molecular weight is 492 g/mol. The molecule has 12 heteroatoms. The Morgan fingerprint density at radius 3 is 2.66 bits per heavy atom. The van der Waals surface area contributed by atoms with E-state index in [0.29, 0.717) is 13.1 Å². The summed E-state index contributed by atoms with van der Waals surface area (Å²) in [5.74, 6) is -0.439. The maximum Gasteiger partial charge on any atom is 0.408 e. The zero-order chi connectivity index (χ0) is 25.2. The topological polar surface area (TPSA) is 95.6 Å².